The number of rotatable bonds is 3. The van der Waals surface area contributed by atoms with Crippen molar-refractivity contribution in [3.63, 3.8) is 0 Å². The molecule has 2 aromatic rings. The number of nitrogens with zero attached hydrogens (tertiary/aromatic N) is 3. The van der Waals surface area contributed by atoms with Gasteiger partial charge in [-0.2, -0.15) is 9.61 Å². The first kappa shape index (κ1) is 13.3. The molecule has 0 saturated heterocycles. The van der Waals surface area contributed by atoms with Gasteiger partial charge >= 0.3 is 0 Å². The highest BCUT2D eigenvalue weighted by Gasteiger charge is 2.21. The summed E-state index contributed by atoms with van der Waals surface area (Å²) in [5.41, 5.74) is 1.12. The lowest BCUT2D eigenvalue weighted by atomic mass is 10.1. The minimum atomic E-state index is -3.96. The van der Waals surface area contributed by atoms with Gasteiger partial charge in [0, 0.05) is 0 Å². The standard InChI is InChI=1S/C10H13ClN4O2S/c1-6(2)5-7-3-4-8-13-9(11)10(15(8)14-7)18(12,16)17/h3-4,6H,5H2,1-2H3,(H2,12,16,17). The van der Waals surface area contributed by atoms with Crippen molar-refractivity contribution < 1.29 is 8.42 Å². The van der Waals surface area contributed by atoms with Gasteiger partial charge in [0.2, 0.25) is 5.03 Å². The van der Waals surface area contributed by atoms with E-state index >= 15 is 0 Å². The third kappa shape index (κ3) is 2.47. The lowest BCUT2D eigenvalue weighted by Crippen LogP contribution is -2.16. The smallest absolute Gasteiger partial charge is 0.223 e. The van der Waals surface area contributed by atoms with Gasteiger partial charge in [0.05, 0.1) is 5.69 Å². The Hall–Kier alpha value is -1.18. The summed E-state index contributed by atoms with van der Waals surface area (Å²) < 4.78 is 24.1. The lowest BCUT2D eigenvalue weighted by Gasteiger charge is -2.05. The van der Waals surface area contributed by atoms with E-state index in [1.165, 1.54) is 4.52 Å². The second-order valence-electron chi connectivity index (χ2n) is 4.45. The first-order chi connectivity index (χ1) is 8.29. The second kappa shape index (κ2) is 4.49. The van der Waals surface area contributed by atoms with E-state index in [1.807, 2.05) is 13.8 Å². The summed E-state index contributed by atoms with van der Waals surface area (Å²) in [4.78, 5) is 3.91. The minimum Gasteiger partial charge on any atom is -0.223 e. The van der Waals surface area contributed by atoms with E-state index in [0.717, 1.165) is 12.1 Å². The maximum atomic E-state index is 11.5. The molecule has 0 aliphatic carbocycles. The van der Waals surface area contributed by atoms with E-state index in [1.54, 1.807) is 12.1 Å². The van der Waals surface area contributed by atoms with E-state index in [4.69, 9.17) is 16.7 Å². The Kier molecular flexibility index (Phi) is 3.31. The highest BCUT2D eigenvalue weighted by Crippen LogP contribution is 2.21. The Labute approximate surface area is 110 Å². The molecule has 0 unspecified atom stereocenters. The van der Waals surface area contributed by atoms with Gasteiger partial charge in [0.25, 0.3) is 10.0 Å². The molecule has 0 aliphatic heterocycles. The quantitative estimate of drug-likeness (QED) is 0.919. The number of nitrogens with two attached hydrogens (primary N) is 1. The molecule has 0 aromatic carbocycles. The summed E-state index contributed by atoms with van der Waals surface area (Å²) in [6.45, 7) is 4.10. The summed E-state index contributed by atoms with van der Waals surface area (Å²) in [6, 6.07) is 3.47. The van der Waals surface area contributed by atoms with Crippen LogP contribution >= 0.6 is 11.6 Å². The molecule has 6 nitrogen and oxygen atoms in total. The van der Waals surface area contributed by atoms with E-state index in [0.29, 0.717) is 11.6 Å². The van der Waals surface area contributed by atoms with Gasteiger partial charge in [-0.1, -0.05) is 25.4 Å². The summed E-state index contributed by atoms with van der Waals surface area (Å²) in [5, 5.41) is 8.89. The fourth-order valence-electron chi connectivity index (χ4n) is 1.69. The normalized spacial score (nSPS) is 12.5. The van der Waals surface area contributed by atoms with Crippen LogP contribution in [0.2, 0.25) is 5.15 Å². The van der Waals surface area contributed by atoms with E-state index in [9.17, 15) is 8.42 Å². The fraction of sp³-hybridized carbons (Fsp3) is 0.400. The molecular formula is C10H13ClN4O2S. The van der Waals surface area contributed by atoms with Crippen molar-refractivity contribution in [1.82, 2.24) is 14.6 Å². The Bertz CT molecular complexity index is 693. The number of hydrogen-bond acceptors (Lipinski definition) is 4. The lowest BCUT2D eigenvalue weighted by molar-refractivity contribution is 0.586. The predicted molar refractivity (Wildman–Crippen MR) is 67.9 cm³/mol. The van der Waals surface area contributed by atoms with Gasteiger partial charge in [0.15, 0.2) is 10.8 Å². The van der Waals surface area contributed by atoms with Gasteiger partial charge in [-0.25, -0.2) is 18.5 Å². The van der Waals surface area contributed by atoms with Crippen molar-refractivity contribution in [3.8, 4) is 0 Å². The van der Waals surface area contributed by atoms with Gasteiger partial charge < -0.3 is 0 Å². The van der Waals surface area contributed by atoms with Crippen molar-refractivity contribution in [3.05, 3.63) is 23.0 Å². The molecule has 0 radical (unpaired) electrons. The summed E-state index contributed by atoms with van der Waals surface area (Å²) in [7, 11) is -3.96. The first-order valence-corrected chi connectivity index (χ1v) is 7.28. The molecule has 0 spiro atoms. The SMILES string of the molecule is CC(C)Cc1ccc2nc(Cl)c(S(N)(=O)=O)n2n1. The summed E-state index contributed by atoms with van der Waals surface area (Å²) >= 11 is 5.78. The molecule has 0 fully saturated rings. The van der Waals surface area contributed by atoms with E-state index in [2.05, 4.69) is 10.1 Å². The highest BCUT2D eigenvalue weighted by molar-refractivity contribution is 7.89. The Morgan fingerprint density at radius 3 is 2.67 bits per heavy atom. The molecular weight excluding hydrogens is 276 g/mol. The molecule has 0 amide bonds. The zero-order chi connectivity index (χ0) is 13.5. The molecule has 18 heavy (non-hydrogen) atoms. The van der Waals surface area contributed by atoms with Crippen molar-refractivity contribution in [1.29, 1.82) is 0 Å². The Balaban J connectivity index is 2.67. The van der Waals surface area contributed by atoms with Crippen molar-refractivity contribution in [2.45, 2.75) is 25.3 Å². The van der Waals surface area contributed by atoms with Crippen molar-refractivity contribution >= 4 is 27.3 Å². The third-order valence-corrected chi connectivity index (χ3v) is 3.62. The number of halogens is 1. The molecule has 2 N–H and O–H groups in total. The molecule has 98 valence electrons. The van der Waals surface area contributed by atoms with Crippen LogP contribution < -0.4 is 5.14 Å². The zero-order valence-electron chi connectivity index (χ0n) is 9.96. The minimum absolute atomic E-state index is 0.160. The van der Waals surface area contributed by atoms with Crippen LogP contribution in [0, 0.1) is 5.92 Å². The van der Waals surface area contributed by atoms with E-state index in [-0.39, 0.29) is 10.2 Å². The Morgan fingerprint density at radius 2 is 2.11 bits per heavy atom. The maximum Gasteiger partial charge on any atom is 0.258 e. The first-order valence-electron chi connectivity index (χ1n) is 5.36. The maximum absolute atomic E-state index is 11.5. The van der Waals surface area contributed by atoms with Gasteiger partial charge in [-0.3, -0.25) is 0 Å². The van der Waals surface area contributed by atoms with Crippen LogP contribution in [0.15, 0.2) is 17.2 Å². The number of imidazole rings is 1. The predicted octanol–water partition coefficient (Wildman–Crippen LogP) is 1.23. The third-order valence-electron chi connectivity index (χ3n) is 2.34. The molecule has 2 heterocycles. The summed E-state index contributed by atoms with van der Waals surface area (Å²) in [5.74, 6) is 0.409. The van der Waals surface area contributed by atoms with Gasteiger partial charge in [-0.05, 0) is 24.5 Å². The highest BCUT2D eigenvalue weighted by atomic mass is 35.5. The van der Waals surface area contributed by atoms with Gasteiger partial charge in [0.1, 0.15) is 0 Å². The average molecular weight is 289 g/mol. The van der Waals surface area contributed by atoms with Crippen LogP contribution in [-0.2, 0) is 16.4 Å². The largest absolute Gasteiger partial charge is 0.258 e. The number of sulfonamides is 1. The monoisotopic (exact) mass is 288 g/mol. The number of fused-ring (bicyclic) bond motifs is 1. The van der Waals surface area contributed by atoms with Crippen LogP contribution in [0.3, 0.4) is 0 Å². The average Bonchev–Trinajstić information content (AvgIpc) is 2.51. The molecule has 0 bridgehead atoms. The molecule has 0 aliphatic rings. The number of primary sulfonamides is 1. The zero-order valence-corrected chi connectivity index (χ0v) is 11.5. The van der Waals surface area contributed by atoms with Crippen LogP contribution in [0.25, 0.3) is 5.65 Å². The molecule has 0 atom stereocenters. The molecule has 0 saturated carbocycles. The fourth-order valence-corrected chi connectivity index (χ4v) is 2.83. The number of hydrogen-bond donors (Lipinski definition) is 1. The van der Waals surface area contributed by atoms with Crippen molar-refractivity contribution in [2.24, 2.45) is 11.1 Å². The summed E-state index contributed by atoms with van der Waals surface area (Å²) in [6.07, 6.45) is 0.732. The van der Waals surface area contributed by atoms with Crippen LogP contribution in [0.1, 0.15) is 19.5 Å². The van der Waals surface area contributed by atoms with Crippen LogP contribution in [0.5, 0.6) is 0 Å². The molecule has 2 rings (SSSR count). The molecule has 2 aromatic heterocycles. The van der Waals surface area contributed by atoms with Crippen LogP contribution in [0.4, 0.5) is 0 Å². The number of aromatic nitrogens is 3. The van der Waals surface area contributed by atoms with E-state index < -0.39 is 10.0 Å². The van der Waals surface area contributed by atoms with Crippen molar-refractivity contribution in [2.75, 3.05) is 0 Å². The van der Waals surface area contributed by atoms with Gasteiger partial charge in [-0.15, -0.1) is 0 Å². The topological polar surface area (TPSA) is 90.3 Å². The molecule has 8 heteroatoms. The van der Waals surface area contributed by atoms with Crippen LogP contribution in [-0.4, -0.2) is 23.0 Å². The second-order valence-corrected chi connectivity index (χ2v) is 6.28. The Morgan fingerprint density at radius 1 is 1.44 bits per heavy atom.